The number of aryl methyl sites for hydroxylation is 3. The third-order valence-electron chi connectivity index (χ3n) is 6.65. The number of sulfonamides is 1. The van der Waals surface area contributed by atoms with Crippen molar-refractivity contribution < 1.29 is 18.0 Å². The Morgan fingerprint density at radius 1 is 1.00 bits per heavy atom. The fraction of sp³-hybridized carbons (Fsp3) is 0.481. The zero-order valence-electron chi connectivity index (χ0n) is 21.4. The van der Waals surface area contributed by atoms with Crippen LogP contribution in [-0.2, 0) is 26.2 Å². The molecule has 7 nitrogen and oxygen atoms in total. The number of nitrogens with zero attached hydrogens (tertiary/aromatic N) is 2. The number of benzene rings is 2. The van der Waals surface area contributed by atoms with Crippen molar-refractivity contribution in [1.82, 2.24) is 10.2 Å². The lowest BCUT2D eigenvalue weighted by Gasteiger charge is -2.32. The van der Waals surface area contributed by atoms with E-state index in [1.165, 1.54) is 4.90 Å². The highest BCUT2D eigenvalue weighted by molar-refractivity contribution is 7.92. The molecule has 35 heavy (non-hydrogen) atoms. The van der Waals surface area contributed by atoms with E-state index >= 15 is 0 Å². The van der Waals surface area contributed by atoms with Crippen LogP contribution in [0.5, 0.6) is 0 Å². The van der Waals surface area contributed by atoms with Gasteiger partial charge in [-0.1, -0.05) is 54.8 Å². The van der Waals surface area contributed by atoms with E-state index in [0.717, 1.165) is 58.5 Å². The molecular formula is C27H37N3O4S. The van der Waals surface area contributed by atoms with Crippen LogP contribution in [0.1, 0.15) is 54.9 Å². The number of nitrogens with one attached hydrogen (secondary N) is 1. The molecule has 1 fully saturated rings. The van der Waals surface area contributed by atoms with Crippen molar-refractivity contribution in [2.24, 2.45) is 0 Å². The second-order valence-electron chi connectivity index (χ2n) is 9.73. The number of carbonyl (C=O) groups is 2. The second-order valence-corrected chi connectivity index (χ2v) is 11.6. The molecule has 0 radical (unpaired) electrons. The van der Waals surface area contributed by atoms with Gasteiger partial charge in [0.25, 0.3) is 0 Å². The number of rotatable bonds is 9. The fourth-order valence-electron chi connectivity index (χ4n) is 4.45. The van der Waals surface area contributed by atoms with Gasteiger partial charge in [0.1, 0.15) is 12.6 Å². The summed E-state index contributed by atoms with van der Waals surface area (Å²) in [7, 11) is -3.74. The molecule has 3 rings (SSSR count). The van der Waals surface area contributed by atoms with Gasteiger partial charge in [-0.05, 0) is 63.3 Å². The van der Waals surface area contributed by atoms with Crippen LogP contribution in [0.3, 0.4) is 0 Å². The van der Waals surface area contributed by atoms with E-state index in [1.54, 1.807) is 13.0 Å². The van der Waals surface area contributed by atoms with Crippen LogP contribution in [0.4, 0.5) is 5.69 Å². The van der Waals surface area contributed by atoms with E-state index in [2.05, 4.69) is 5.32 Å². The third kappa shape index (κ3) is 7.07. The quantitative estimate of drug-likeness (QED) is 0.568. The normalized spacial score (nSPS) is 15.0. The Morgan fingerprint density at radius 2 is 1.60 bits per heavy atom. The van der Waals surface area contributed by atoms with Gasteiger partial charge < -0.3 is 10.2 Å². The average molecular weight is 500 g/mol. The monoisotopic (exact) mass is 499 g/mol. The van der Waals surface area contributed by atoms with Crippen molar-refractivity contribution in [3.8, 4) is 0 Å². The van der Waals surface area contributed by atoms with Crippen LogP contribution in [-0.4, -0.2) is 50.0 Å². The summed E-state index contributed by atoms with van der Waals surface area (Å²) in [6, 6.07) is 12.7. The summed E-state index contributed by atoms with van der Waals surface area (Å²) in [6.07, 6.45) is 5.16. The van der Waals surface area contributed by atoms with Gasteiger partial charge in [0, 0.05) is 12.6 Å². The summed E-state index contributed by atoms with van der Waals surface area (Å²) < 4.78 is 26.7. The number of amides is 2. The first-order valence-electron chi connectivity index (χ1n) is 12.2. The maximum absolute atomic E-state index is 13.7. The molecule has 1 atom stereocenters. The molecular weight excluding hydrogens is 462 g/mol. The fourth-order valence-corrected chi connectivity index (χ4v) is 5.35. The molecule has 2 amide bonds. The Kier molecular flexibility index (Phi) is 8.59. The lowest BCUT2D eigenvalue weighted by atomic mass is 10.1. The zero-order valence-corrected chi connectivity index (χ0v) is 22.2. The molecule has 0 aromatic heterocycles. The van der Waals surface area contributed by atoms with Gasteiger partial charge in [0.15, 0.2) is 0 Å². The van der Waals surface area contributed by atoms with Gasteiger partial charge in [0.2, 0.25) is 21.8 Å². The topological polar surface area (TPSA) is 86.8 Å². The van der Waals surface area contributed by atoms with Crippen LogP contribution >= 0.6 is 0 Å². The van der Waals surface area contributed by atoms with Gasteiger partial charge in [-0.3, -0.25) is 13.9 Å². The van der Waals surface area contributed by atoms with Crippen LogP contribution in [0.25, 0.3) is 0 Å². The van der Waals surface area contributed by atoms with Gasteiger partial charge in [0.05, 0.1) is 11.9 Å². The molecule has 0 unspecified atom stereocenters. The first-order valence-corrected chi connectivity index (χ1v) is 14.0. The van der Waals surface area contributed by atoms with Crippen LogP contribution in [0.2, 0.25) is 0 Å². The largest absolute Gasteiger partial charge is 0.352 e. The van der Waals surface area contributed by atoms with E-state index < -0.39 is 22.0 Å². The number of anilines is 1. The zero-order chi connectivity index (χ0) is 25.8. The molecule has 0 aliphatic heterocycles. The Morgan fingerprint density at radius 3 is 2.20 bits per heavy atom. The van der Waals surface area contributed by atoms with Crippen molar-refractivity contribution in [3.63, 3.8) is 0 Å². The lowest BCUT2D eigenvalue weighted by molar-refractivity contribution is -0.139. The molecule has 0 heterocycles. The Bertz CT molecular complexity index is 1160. The molecule has 1 N–H and O–H groups in total. The van der Waals surface area contributed by atoms with E-state index in [1.807, 2.05) is 57.2 Å². The summed E-state index contributed by atoms with van der Waals surface area (Å²) in [5.41, 5.74) is 4.09. The highest BCUT2D eigenvalue weighted by atomic mass is 32.2. The maximum Gasteiger partial charge on any atom is 0.244 e. The van der Waals surface area contributed by atoms with Crippen molar-refractivity contribution in [2.45, 2.75) is 72.0 Å². The number of carbonyl (C=O) groups excluding carboxylic acids is 2. The molecule has 2 aromatic rings. The lowest BCUT2D eigenvalue weighted by Crippen LogP contribution is -2.52. The molecule has 1 aliphatic carbocycles. The molecule has 2 aromatic carbocycles. The summed E-state index contributed by atoms with van der Waals surface area (Å²) >= 11 is 0. The van der Waals surface area contributed by atoms with Crippen LogP contribution < -0.4 is 9.62 Å². The molecule has 1 aliphatic rings. The standard InChI is InChI=1S/C27H37N3O4S/c1-19-11-14-23(15-12-19)17-29(22(4)27(32)28-24-8-6-7-9-24)26(31)18-30(35(5,33)34)25-16-20(2)10-13-21(25)3/h10-16,22,24H,6-9,17-18H2,1-5H3,(H,28,32)/t22-/m0/s1. The smallest absolute Gasteiger partial charge is 0.244 e. The average Bonchev–Trinajstić information content (AvgIpc) is 3.30. The minimum absolute atomic E-state index is 0.128. The number of hydrogen-bond acceptors (Lipinski definition) is 4. The van der Waals surface area contributed by atoms with E-state index in [9.17, 15) is 18.0 Å². The predicted molar refractivity (Wildman–Crippen MR) is 140 cm³/mol. The van der Waals surface area contributed by atoms with Gasteiger partial charge in [-0.2, -0.15) is 0 Å². The predicted octanol–water partition coefficient (Wildman–Crippen LogP) is 3.85. The first kappa shape index (κ1) is 26.7. The highest BCUT2D eigenvalue weighted by Gasteiger charge is 2.31. The van der Waals surface area contributed by atoms with Crippen molar-refractivity contribution in [3.05, 3.63) is 64.7 Å². The van der Waals surface area contributed by atoms with E-state index in [-0.39, 0.29) is 25.0 Å². The van der Waals surface area contributed by atoms with E-state index in [4.69, 9.17) is 0 Å². The molecule has 0 spiro atoms. The third-order valence-corrected chi connectivity index (χ3v) is 7.78. The second kappa shape index (κ2) is 11.2. The summed E-state index contributed by atoms with van der Waals surface area (Å²) in [4.78, 5) is 28.3. The van der Waals surface area contributed by atoms with Crippen molar-refractivity contribution in [1.29, 1.82) is 0 Å². The van der Waals surface area contributed by atoms with Crippen molar-refractivity contribution >= 4 is 27.5 Å². The Balaban J connectivity index is 1.90. The molecule has 1 saturated carbocycles. The molecule has 0 saturated heterocycles. The van der Waals surface area contributed by atoms with Gasteiger partial charge in [-0.15, -0.1) is 0 Å². The summed E-state index contributed by atoms with van der Waals surface area (Å²) in [6.45, 7) is 7.22. The van der Waals surface area contributed by atoms with Gasteiger partial charge in [-0.25, -0.2) is 8.42 Å². The van der Waals surface area contributed by atoms with E-state index in [0.29, 0.717) is 5.69 Å². The van der Waals surface area contributed by atoms with Gasteiger partial charge >= 0.3 is 0 Å². The summed E-state index contributed by atoms with van der Waals surface area (Å²) in [5.74, 6) is -0.638. The number of hydrogen-bond donors (Lipinski definition) is 1. The molecule has 190 valence electrons. The Labute approximate surface area is 209 Å². The molecule has 0 bridgehead atoms. The van der Waals surface area contributed by atoms with Crippen molar-refractivity contribution in [2.75, 3.05) is 17.1 Å². The van der Waals surface area contributed by atoms with Crippen LogP contribution in [0, 0.1) is 20.8 Å². The first-order chi connectivity index (χ1) is 16.5. The summed E-state index contributed by atoms with van der Waals surface area (Å²) in [5, 5.41) is 3.08. The highest BCUT2D eigenvalue weighted by Crippen LogP contribution is 2.25. The molecule has 8 heteroatoms. The Hall–Kier alpha value is -2.87. The SMILES string of the molecule is Cc1ccc(CN(C(=O)CN(c2cc(C)ccc2C)S(C)(=O)=O)[C@@H](C)C(=O)NC2CCCC2)cc1. The minimum atomic E-state index is -3.74. The van der Waals surface area contributed by atoms with Crippen LogP contribution in [0.15, 0.2) is 42.5 Å². The maximum atomic E-state index is 13.7. The minimum Gasteiger partial charge on any atom is -0.352 e.